The fourth-order valence-corrected chi connectivity index (χ4v) is 2.18. The van der Waals surface area contributed by atoms with Gasteiger partial charge >= 0.3 is 0 Å². The van der Waals surface area contributed by atoms with E-state index in [2.05, 4.69) is 10.4 Å². The molecular weight excluding hydrogens is 290 g/mol. The molecule has 0 spiro atoms. The van der Waals surface area contributed by atoms with E-state index >= 15 is 0 Å². The van der Waals surface area contributed by atoms with Crippen LogP contribution in [-0.2, 0) is 6.54 Å². The highest BCUT2D eigenvalue weighted by atomic mass is 16.5. The zero-order valence-electron chi connectivity index (χ0n) is 12.8. The molecule has 1 N–H and O–H groups in total. The minimum absolute atomic E-state index is 0.175. The summed E-state index contributed by atoms with van der Waals surface area (Å²) in [6.07, 6.45) is 1.66. The van der Waals surface area contributed by atoms with Gasteiger partial charge in [-0.05, 0) is 43.3 Å². The van der Waals surface area contributed by atoms with Gasteiger partial charge in [0.25, 0.3) is 5.91 Å². The summed E-state index contributed by atoms with van der Waals surface area (Å²) in [5, 5.41) is 6.97. The molecule has 3 rings (SSSR count). The van der Waals surface area contributed by atoms with Crippen molar-refractivity contribution in [2.24, 2.45) is 0 Å². The first-order chi connectivity index (χ1) is 11.3. The lowest BCUT2D eigenvalue weighted by Crippen LogP contribution is -2.15. The Hall–Kier alpha value is -3.08. The summed E-state index contributed by atoms with van der Waals surface area (Å²) < 4.78 is 7.44. The van der Waals surface area contributed by atoms with Crippen LogP contribution in [0.3, 0.4) is 0 Å². The van der Waals surface area contributed by atoms with Crippen LogP contribution in [0.5, 0.6) is 11.5 Å². The number of aryl methyl sites for hydroxylation is 1. The van der Waals surface area contributed by atoms with E-state index in [0.29, 0.717) is 23.7 Å². The van der Waals surface area contributed by atoms with E-state index in [1.807, 2.05) is 37.3 Å². The molecule has 0 fully saturated rings. The number of hydrogen-bond donors (Lipinski definition) is 1. The van der Waals surface area contributed by atoms with Crippen LogP contribution in [0.1, 0.15) is 17.3 Å². The average molecular weight is 307 g/mol. The Kier molecular flexibility index (Phi) is 4.38. The highest BCUT2D eigenvalue weighted by Crippen LogP contribution is 2.21. The van der Waals surface area contributed by atoms with Crippen LogP contribution < -0.4 is 10.1 Å². The molecular formula is C18H17N3O2. The number of carbonyl (C=O) groups excluding carboxylic acids is 1. The third-order valence-electron chi connectivity index (χ3n) is 3.35. The summed E-state index contributed by atoms with van der Waals surface area (Å²) in [4.78, 5) is 12.3. The van der Waals surface area contributed by atoms with E-state index in [1.54, 1.807) is 41.2 Å². The molecule has 3 aromatic rings. The maximum absolute atomic E-state index is 12.3. The van der Waals surface area contributed by atoms with Crippen LogP contribution in [0.25, 0.3) is 0 Å². The normalized spacial score (nSPS) is 10.3. The number of hydrogen-bond acceptors (Lipinski definition) is 3. The molecule has 0 unspecified atom stereocenters. The van der Waals surface area contributed by atoms with Crippen LogP contribution in [0.4, 0.5) is 5.82 Å². The Morgan fingerprint density at radius 3 is 2.43 bits per heavy atom. The zero-order valence-corrected chi connectivity index (χ0v) is 12.8. The van der Waals surface area contributed by atoms with Crippen molar-refractivity contribution in [3.8, 4) is 11.5 Å². The highest BCUT2D eigenvalue weighted by Gasteiger charge is 2.09. The van der Waals surface area contributed by atoms with Crippen molar-refractivity contribution in [1.29, 1.82) is 0 Å². The summed E-state index contributed by atoms with van der Waals surface area (Å²) in [6.45, 7) is 2.67. The Balaban J connectivity index is 1.68. The van der Waals surface area contributed by atoms with Crippen LogP contribution in [-0.4, -0.2) is 15.7 Å². The van der Waals surface area contributed by atoms with Gasteiger partial charge in [-0.25, -0.2) is 4.68 Å². The van der Waals surface area contributed by atoms with Crippen LogP contribution in [0.2, 0.25) is 0 Å². The van der Waals surface area contributed by atoms with Crippen molar-refractivity contribution in [2.45, 2.75) is 13.5 Å². The van der Waals surface area contributed by atoms with Crippen LogP contribution in [0, 0.1) is 0 Å². The Bertz CT molecular complexity index is 780. The van der Waals surface area contributed by atoms with Gasteiger partial charge in [-0.15, -0.1) is 0 Å². The largest absolute Gasteiger partial charge is 0.457 e. The summed E-state index contributed by atoms with van der Waals surface area (Å²) in [7, 11) is 0. The van der Waals surface area contributed by atoms with E-state index in [-0.39, 0.29) is 5.91 Å². The fraction of sp³-hybridized carbons (Fsp3) is 0.111. The van der Waals surface area contributed by atoms with E-state index in [0.717, 1.165) is 5.75 Å². The molecule has 0 bridgehead atoms. The van der Waals surface area contributed by atoms with Gasteiger partial charge in [0.2, 0.25) is 0 Å². The van der Waals surface area contributed by atoms with Gasteiger partial charge in [0.05, 0.1) is 6.20 Å². The Morgan fingerprint density at radius 1 is 1.04 bits per heavy atom. The molecule has 1 aromatic heterocycles. The molecule has 2 aromatic carbocycles. The molecule has 0 aliphatic heterocycles. The van der Waals surface area contributed by atoms with Crippen molar-refractivity contribution in [2.75, 3.05) is 5.32 Å². The summed E-state index contributed by atoms with van der Waals surface area (Å²) in [6, 6.07) is 18.3. The van der Waals surface area contributed by atoms with Gasteiger partial charge in [0.15, 0.2) is 0 Å². The quantitative estimate of drug-likeness (QED) is 0.776. The third-order valence-corrected chi connectivity index (χ3v) is 3.35. The van der Waals surface area contributed by atoms with Crippen molar-refractivity contribution in [3.05, 3.63) is 72.4 Å². The maximum atomic E-state index is 12.3. The molecule has 0 atom stereocenters. The maximum Gasteiger partial charge on any atom is 0.256 e. The molecule has 0 saturated heterocycles. The lowest BCUT2D eigenvalue weighted by molar-refractivity contribution is 0.102. The second kappa shape index (κ2) is 6.79. The molecule has 116 valence electrons. The Labute approximate surface area is 134 Å². The van der Waals surface area contributed by atoms with E-state index in [1.165, 1.54) is 0 Å². The number of nitrogens with zero attached hydrogens (tertiary/aromatic N) is 2. The highest BCUT2D eigenvalue weighted by molar-refractivity contribution is 6.03. The topological polar surface area (TPSA) is 56.2 Å². The number of aromatic nitrogens is 2. The van der Waals surface area contributed by atoms with Crippen molar-refractivity contribution in [3.63, 3.8) is 0 Å². The second-order valence-electron chi connectivity index (χ2n) is 4.93. The van der Waals surface area contributed by atoms with Gasteiger partial charge in [-0.2, -0.15) is 5.10 Å². The minimum Gasteiger partial charge on any atom is -0.457 e. The van der Waals surface area contributed by atoms with Crippen molar-refractivity contribution < 1.29 is 9.53 Å². The number of para-hydroxylation sites is 1. The molecule has 0 aliphatic rings. The first kappa shape index (κ1) is 14.8. The van der Waals surface area contributed by atoms with Gasteiger partial charge in [-0.3, -0.25) is 4.79 Å². The zero-order chi connectivity index (χ0) is 16.1. The number of nitrogens with one attached hydrogen (secondary N) is 1. The lowest BCUT2D eigenvalue weighted by atomic mass is 10.2. The summed E-state index contributed by atoms with van der Waals surface area (Å²) in [5.74, 6) is 1.96. The predicted octanol–water partition coefficient (Wildman–Crippen LogP) is 3.95. The van der Waals surface area contributed by atoms with E-state index in [4.69, 9.17) is 4.74 Å². The molecule has 5 nitrogen and oxygen atoms in total. The Morgan fingerprint density at radius 2 is 1.74 bits per heavy atom. The molecule has 1 heterocycles. The number of ether oxygens (including phenoxy) is 1. The molecule has 0 saturated carbocycles. The molecule has 5 heteroatoms. The van der Waals surface area contributed by atoms with Crippen LogP contribution in [0.15, 0.2) is 66.9 Å². The fourth-order valence-electron chi connectivity index (χ4n) is 2.18. The molecule has 1 amide bonds. The number of amides is 1. The van der Waals surface area contributed by atoms with Crippen molar-refractivity contribution >= 4 is 11.7 Å². The number of anilines is 1. The van der Waals surface area contributed by atoms with Crippen molar-refractivity contribution in [1.82, 2.24) is 9.78 Å². The van der Waals surface area contributed by atoms with E-state index in [9.17, 15) is 4.79 Å². The molecule has 0 radical (unpaired) electrons. The predicted molar refractivity (Wildman–Crippen MR) is 88.8 cm³/mol. The lowest BCUT2D eigenvalue weighted by Gasteiger charge is -2.08. The SMILES string of the molecule is CCn1nccc1NC(=O)c1ccc(Oc2ccccc2)cc1. The number of rotatable bonds is 5. The van der Waals surface area contributed by atoms with Gasteiger partial charge < -0.3 is 10.1 Å². The molecule has 23 heavy (non-hydrogen) atoms. The van der Waals surface area contributed by atoms with Crippen LogP contribution >= 0.6 is 0 Å². The third kappa shape index (κ3) is 3.58. The van der Waals surface area contributed by atoms with E-state index < -0.39 is 0 Å². The summed E-state index contributed by atoms with van der Waals surface area (Å²) >= 11 is 0. The monoisotopic (exact) mass is 307 g/mol. The smallest absolute Gasteiger partial charge is 0.256 e. The standard InChI is InChI=1S/C18H17N3O2/c1-2-21-17(12-13-19-21)20-18(22)14-8-10-16(11-9-14)23-15-6-4-3-5-7-15/h3-13H,2H2,1H3,(H,20,22). The first-order valence-electron chi connectivity index (χ1n) is 7.42. The van der Waals surface area contributed by atoms with Gasteiger partial charge in [0.1, 0.15) is 17.3 Å². The minimum atomic E-state index is -0.175. The molecule has 0 aliphatic carbocycles. The second-order valence-corrected chi connectivity index (χ2v) is 4.93. The first-order valence-corrected chi connectivity index (χ1v) is 7.42. The van der Waals surface area contributed by atoms with Gasteiger partial charge in [-0.1, -0.05) is 18.2 Å². The van der Waals surface area contributed by atoms with Gasteiger partial charge in [0, 0.05) is 18.2 Å². The number of carbonyl (C=O) groups is 1. The average Bonchev–Trinajstić information content (AvgIpc) is 3.03. The number of benzene rings is 2. The summed E-state index contributed by atoms with van der Waals surface area (Å²) in [5.41, 5.74) is 0.564.